The van der Waals surface area contributed by atoms with Crippen LogP contribution in [0.2, 0.25) is 0 Å². The van der Waals surface area contributed by atoms with E-state index < -0.39 is 11.8 Å². The lowest BCUT2D eigenvalue weighted by atomic mass is 10.1. The molecule has 21 heavy (non-hydrogen) atoms. The molecule has 5 heteroatoms. The van der Waals surface area contributed by atoms with Crippen LogP contribution in [0.25, 0.3) is 0 Å². The number of hydrogen-bond donors (Lipinski definition) is 2. The molecule has 2 N–H and O–H groups in total. The average molecular weight is 347 g/mol. The van der Waals surface area contributed by atoms with Gasteiger partial charge in [-0.2, -0.15) is 0 Å². The first-order chi connectivity index (χ1) is 9.95. The second kappa shape index (κ2) is 6.54. The van der Waals surface area contributed by atoms with E-state index in [0.29, 0.717) is 11.4 Å². The highest BCUT2D eigenvalue weighted by atomic mass is 79.9. The standard InChI is InChI=1S/C16H15BrN2O2/c1-10-7-11(2)9-12(8-10)18-15(20)16(21)19-14-6-4-3-5-13(14)17/h3-9H,1-2H3,(H,18,20)(H,19,21). The molecule has 4 nitrogen and oxygen atoms in total. The third-order valence-electron chi connectivity index (χ3n) is 2.81. The van der Waals surface area contributed by atoms with Gasteiger partial charge in [0.05, 0.1) is 5.69 Å². The lowest BCUT2D eigenvalue weighted by Gasteiger charge is -2.09. The van der Waals surface area contributed by atoms with Crippen LogP contribution in [0.15, 0.2) is 46.9 Å². The maximum absolute atomic E-state index is 11.9. The molecule has 0 aliphatic heterocycles. The molecule has 0 saturated heterocycles. The predicted molar refractivity (Wildman–Crippen MR) is 87.3 cm³/mol. The van der Waals surface area contributed by atoms with Crippen LogP contribution >= 0.6 is 15.9 Å². The van der Waals surface area contributed by atoms with Crippen LogP contribution < -0.4 is 10.6 Å². The first-order valence-corrected chi connectivity index (χ1v) is 7.20. The number of carbonyl (C=O) groups excluding carboxylic acids is 2. The predicted octanol–water partition coefficient (Wildman–Crippen LogP) is 3.64. The third kappa shape index (κ3) is 4.16. The number of benzene rings is 2. The smallest absolute Gasteiger partial charge is 0.314 e. The zero-order chi connectivity index (χ0) is 15.4. The Labute approximate surface area is 131 Å². The van der Waals surface area contributed by atoms with E-state index in [9.17, 15) is 9.59 Å². The van der Waals surface area contributed by atoms with Gasteiger partial charge in [0.2, 0.25) is 0 Å². The zero-order valence-electron chi connectivity index (χ0n) is 11.7. The Morgan fingerprint density at radius 2 is 1.48 bits per heavy atom. The summed E-state index contributed by atoms with van der Waals surface area (Å²) >= 11 is 3.31. The minimum atomic E-state index is -0.707. The van der Waals surface area contributed by atoms with E-state index in [1.54, 1.807) is 18.2 Å². The number of aryl methyl sites for hydroxylation is 2. The van der Waals surface area contributed by atoms with Crippen molar-refractivity contribution in [1.82, 2.24) is 0 Å². The summed E-state index contributed by atoms with van der Waals surface area (Å²) in [5.74, 6) is -1.41. The van der Waals surface area contributed by atoms with E-state index >= 15 is 0 Å². The molecule has 2 rings (SSSR count). The molecular formula is C16H15BrN2O2. The Kier molecular flexibility index (Phi) is 4.75. The van der Waals surface area contributed by atoms with Crippen molar-refractivity contribution in [2.45, 2.75) is 13.8 Å². The van der Waals surface area contributed by atoms with Gasteiger partial charge in [-0.05, 0) is 65.2 Å². The molecular weight excluding hydrogens is 332 g/mol. The molecule has 108 valence electrons. The summed E-state index contributed by atoms with van der Waals surface area (Å²) < 4.78 is 0.720. The van der Waals surface area contributed by atoms with Crippen molar-refractivity contribution in [3.8, 4) is 0 Å². The molecule has 0 aromatic heterocycles. The number of anilines is 2. The normalized spacial score (nSPS) is 10.0. The third-order valence-corrected chi connectivity index (χ3v) is 3.50. The van der Waals surface area contributed by atoms with Crippen LogP contribution in [0.3, 0.4) is 0 Å². The summed E-state index contributed by atoms with van der Waals surface area (Å²) in [6.45, 7) is 3.87. The first kappa shape index (κ1) is 15.3. The van der Waals surface area contributed by atoms with Crippen molar-refractivity contribution in [3.05, 3.63) is 58.1 Å². The molecule has 0 fully saturated rings. The molecule has 2 aromatic carbocycles. The van der Waals surface area contributed by atoms with Gasteiger partial charge in [-0.1, -0.05) is 18.2 Å². The van der Waals surface area contributed by atoms with Crippen LogP contribution in [0, 0.1) is 13.8 Å². The maximum Gasteiger partial charge on any atom is 0.314 e. The Hall–Kier alpha value is -2.14. The summed E-state index contributed by atoms with van der Waals surface area (Å²) in [6, 6.07) is 12.7. The van der Waals surface area contributed by atoms with Gasteiger partial charge in [-0.15, -0.1) is 0 Å². The summed E-state index contributed by atoms with van der Waals surface area (Å²) in [5.41, 5.74) is 3.21. The Morgan fingerprint density at radius 1 is 0.905 bits per heavy atom. The van der Waals surface area contributed by atoms with Crippen molar-refractivity contribution >= 4 is 39.1 Å². The van der Waals surface area contributed by atoms with Crippen LogP contribution in [0.5, 0.6) is 0 Å². The lowest BCUT2D eigenvalue weighted by molar-refractivity contribution is -0.133. The summed E-state index contributed by atoms with van der Waals surface area (Å²) in [4.78, 5) is 23.8. The number of amides is 2. The quantitative estimate of drug-likeness (QED) is 0.815. The van der Waals surface area contributed by atoms with Crippen LogP contribution in [0.4, 0.5) is 11.4 Å². The van der Waals surface area contributed by atoms with Gasteiger partial charge in [0.1, 0.15) is 0 Å². The second-order valence-electron chi connectivity index (χ2n) is 4.76. The van der Waals surface area contributed by atoms with Gasteiger partial charge < -0.3 is 10.6 Å². The molecule has 2 aromatic rings. The fraction of sp³-hybridized carbons (Fsp3) is 0.125. The minimum absolute atomic E-state index is 0.554. The van der Waals surface area contributed by atoms with Gasteiger partial charge >= 0.3 is 11.8 Å². The van der Waals surface area contributed by atoms with Crippen molar-refractivity contribution in [3.63, 3.8) is 0 Å². The number of carbonyl (C=O) groups is 2. The van der Waals surface area contributed by atoms with Crippen molar-refractivity contribution in [1.29, 1.82) is 0 Å². The molecule has 0 unspecified atom stereocenters. The number of para-hydroxylation sites is 1. The molecule has 0 radical (unpaired) electrons. The van der Waals surface area contributed by atoms with E-state index in [0.717, 1.165) is 15.6 Å². The van der Waals surface area contributed by atoms with Gasteiger partial charge in [-0.3, -0.25) is 9.59 Å². The van der Waals surface area contributed by atoms with E-state index in [-0.39, 0.29) is 0 Å². The van der Waals surface area contributed by atoms with Crippen LogP contribution in [-0.4, -0.2) is 11.8 Å². The second-order valence-corrected chi connectivity index (χ2v) is 5.62. The summed E-state index contributed by atoms with van der Waals surface area (Å²) in [5, 5.41) is 5.16. The molecule has 2 amide bonds. The van der Waals surface area contributed by atoms with Crippen LogP contribution in [0.1, 0.15) is 11.1 Å². The molecule has 0 aliphatic carbocycles. The summed E-state index contributed by atoms with van der Waals surface area (Å²) in [7, 11) is 0. The molecule has 0 heterocycles. The molecule has 0 aliphatic rings. The average Bonchev–Trinajstić information content (AvgIpc) is 2.40. The number of halogens is 1. The molecule has 0 saturated carbocycles. The van der Waals surface area contributed by atoms with Crippen molar-refractivity contribution in [2.75, 3.05) is 10.6 Å². The highest BCUT2D eigenvalue weighted by molar-refractivity contribution is 9.10. The highest BCUT2D eigenvalue weighted by Gasteiger charge is 2.15. The summed E-state index contributed by atoms with van der Waals surface area (Å²) in [6.07, 6.45) is 0. The fourth-order valence-corrected chi connectivity index (χ4v) is 2.36. The largest absolute Gasteiger partial charge is 0.318 e. The van der Waals surface area contributed by atoms with Gasteiger partial charge in [0.25, 0.3) is 0 Å². The van der Waals surface area contributed by atoms with E-state index in [1.165, 1.54) is 0 Å². The zero-order valence-corrected chi connectivity index (χ0v) is 13.3. The Bertz CT molecular complexity index is 678. The van der Waals surface area contributed by atoms with E-state index in [4.69, 9.17) is 0 Å². The van der Waals surface area contributed by atoms with Crippen molar-refractivity contribution < 1.29 is 9.59 Å². The fourth-order valence-electron chi connectivity index (χ4n) is 1.98. The maximum atomic E-state index is 11.9. The number of hydrogen-bond acceptors (Lipinski definition) is 2. The molecule has 0 bridgehead atoms. The SMILES string of the molecule is Cc1cc(C)cc(NC(=O)C(=O)Nc2ccccc2Br)c1. The van der Waals surface area contributed by atoms with Gasteiger partial charge in [-0.25, -0.2) is 0 Å². The topological polar surface area (TPSA) is 58.2 Å². The Balaban J connectivity index is 2.06. The first-order valence-electron chi connectivity index (χ1n) is 6.41. The van der Waals surface area contributed by atoms with E-state index in [2.05, 4.69) is 26.6 Å². The highest BCUT2D eigenvalue weighted by Crippen LogP contribution is 2.21. The monoisotopic (exact) mass is 346 g/mol. The van der Waals surface area contributed by atoms with Gasteiger partial charge in [0, 0.05) is 10.2 Å². The number of rotatable bonds is 2. The minimum Gasteiger partial charge on any atom is -0.318 e. The molecule has 0 spiro atoms. The lowest BCUT2D eigenvalue weighted by Crippen LogP contribution is -2.29. The van der Waals surface area contributed by atoms with Gasteiger partial charge in [0.15, 0.2) is 0 Å². The van der Waals surface area contributed by atoms with Crippen LogP contribution in [-0.2, 0) is 9.59 Å². The number of nitrogens with one attached hydrogen (secondary N) is 2. The Morgan fingerprint density at radius 3 is 2.10 bits per heavy atom. The van der Waals surface area contributed by atoms with E-state index in [1.807, 2.05) is 38.1 Å². The molecule has 0 atom stereocenters. The van der Waals surface area contributed by atoms with Crippen molar-refractivity contribution in [2.24, 2.45) is 0 Å².